The van der Waals surface area contributed by atoms with Gasteiger partial charge in [0.25, 0.3) is 0 Å². The number of hydrogen-bond donors (Lipinski definition) is 1. The molecule has 0 aliphatic heterocycles. The van der Waals surface area contributed by atoms with Crippen LogP contribution in [0, 0.1) is 25.5 Å². The van der Waals surface area contributed by atoms with Crippen LogP contribution in [-0.4, -0.2) is 18.6 Å². The third kappa shape index (κ3) is 3.15. The lowest BCUT2D eigenvalue weighted by molar-refractivity contribution is 0.400. The molecule has 0 saturated heterocycles. The number of halogens is 2. The Bertz CT molecular complexity index is 1080. The summed E-state index contributed by atoms with van der Waals surface area (Å²) in [7, 11) is -4.38. The van der Waals surface area contributed by atoms with Crippen molar-refractivity contribution in [3.63, 3.8) is 0 Å². The first-order chi connectivity index (χ1) is 11.7. The van der Waals surface area contributed by atoms with E-state index in [2.05, 4.69) is 10.1 Å². The average Bonchev–Trinajstić information content (AvgIpc) is 2.90. The fraction of sp³-hybridized carbons (Fsp3) is 0.125. The van der Waals surface area contributed by atoms with Crippen molar-refractivity contribution in [1.82, 2.24) is 10.1 Å². The number of nitrogens with zero attached hydrogens (tertiary/aromatic N) is 2. The Kier molecular flexibility index (Phi) is 4.13. The van der Waals surface area contributed by atoms with Gasteiger partial charge in [0.05, 0.1) is 5.56 Å². The van der Waals surface area contributed by atoms with Gasteiger partial charge in [-0.2, -0.15) is 0 Å². The summed E-state index contributed by atoms with van der Waals surface area (Å²) in [4.78, 5) is 3.13. The molecular weight excluding hydrogens is 352 g/mol. The molecule has 0 saturated carbocycles. The van der Waals surface area contributed by atoms with Gasteiger partial charge >= 0.3 is 0 Å². The molecular formula is C16H13F2N3O3S. The fourth-order valence-corrected chi connectivity index (χ4v) is 3.11. The standard InChI is InChI=1S/C16H13F2N3O3S/c1-8-3-10(7-20-6-8)16-15(9(2)24-21-16)11-4-13(18)14(5-12(11)17)25(19,22)23/h3-7H,1-2H3,(H2,19,22,23). The maximum absolute atomic E-state index is 14.5. The quantitative estimate of drug-likeness (QED) is 0.769. The van der Waals surface area contributed by atoms with Gasteiger partial charge in [-0.05, 0) is 37.6 Å². The number of hydrogen-bond acceptors (Lipinski definition) is 5. The Morgan fingerprint density at radius 2 is 1.80 bits per heavy atom. The molecule has 6 nitrogen and oxygen atoms in total. The van der Waals surface area contributed by atoms with Crippen LogP contribution >= 0.6 is 0 Å². The molecule has 0 aliphatic carbocycles. The number of aryl methyl sites for hydroxylation is 2. The van der Waals surface area contributed by atoms with E-state index in [9.17, 15) is 17.2 Å². The molecule has 0 spiro atoms. The van der Waals surface area contributed by atoms with Crippen molar-refractivity contribution in [2.45, 2.75) is 18.7 Å². The molecule has 9 heteroatoms. The van der Waals surface area contributed by atoms with Gasteiger partial charge in [-0.25, -0.2) is 22.3 Å². The maximum atomic E-state index is 14.5. The predicted molar refractivity (Wildman–Crippen MR) is 85.9 cm³/mol. The molecule has 25 heavy (non-hydrogen) atoms. The first kappa shape index (κ1) is 17.2. The summed E-state index contributed by atoms with van der Waals surface area (Å²) in [6, 6.07) is 3.08. The highest BCUT2D eigenvalue weighted by atomic mass is 32.2. The summed E-state index contributed by atoms with van der Waals surface area (Å²) in [6.07, 6.45) is 3.15. The van der Waals surface area contributed by atoms with Gasteiger partial charge in [0.15, 0.2) is 0 Å². The van der Waals surface area contributed by atoms with Crippen molar-refractivity contribution in [2.24, 2.45) is 5.14 Å². The van der Waals surface area contributed by atoms with Crippen LogP contribution in [0.2, 0.25) is 0 Å². The lowest BCUT2D eigenvalue weighted by Gasteiger charge is -2.08. The van der Waals surface area contributed by atoms with Gasteiger partial charge in [-0.1, -0.05) is 5.16 Å². The van der Waals surface area contributed by atoms with E-state index in [1.54, 1.807) is 19.2 Å². The third-order valence-corrected chi connectivity index (χ3v) is 4.53. The number of aromatic nitrogens is 2. The van der Waals surface area contributed by atoms with Crippen molar-refractivity contribution in [3.8, 4) is 22.4 Å². The first-order valence-corrected chi connectivity index (χ1v) is 8.63. The molecule has 3 aromatic rings. The summed E-state index contributed by atoms with van der Waals surface area (Å²) >= 11 is 0. The summed E-state index contributed by atoms with van der Waals surface area (Å²) in [6.45, 7) is 3.37. The van der Waals surface area contributed by atoms with E-state index >= 15 is 0 Å². The minimum Gasteiger partial charge on any atom is -0.360 e. The zero-order valence-electron chi connectivity index (χ0n) is 13.2. The van der Waals surface area contributed by atoms with Crippen molar-refractivity contribution in [2.75, 3.05) is 0 Å². The Labute approximate surface area is 142 Å². The normalized spacial score (nSPS) is 11.7. The van der Waals surface area contributed by atoms with Crippen LogP contribution in [0.25, 0.3) is 22.4 Å². The molecule has 2 N–H and O–H groups in total. The SMILES string of the molecule is Cc1cncc(-c2noc(C)c2-c2cc(F)c(S(N)(=O)=O)cc2F)c1. The van der Waals surface area contributed by atoms with Crippen LogP contribution in [-0.2, 0) is 10.0 Å². The fourth-order valence-electron chi connectivity index (χ4n) is 2.51. The van der Waals surface area contributed by atoms with Crippen molar-refractivity contribution >= 4 is 10.0 Å². The summed E-state index contributed by atoms with van der Waals surface area (Å²) in [5.74, 6) is -1.87. The lowest BCUT2D eigenvalue weighted by Crippen LogP contribution is -2.14. The van der Waals surface area contributed by atoms with Crippen molar-refractivity contribution in [1.29, 1.82) is 0 Å². The Hall–Kier alpha value is -2.65. The van der Waals surface area contributed by atoms with Gasteiger partial charge in [-0.15, -0.1) is 0 Å². The minimum atomic E-state index is -4.38. The smallest absolute Gasteiger partial charge is 0.241 e. The average molecular weight is 365 g/mol. The van der Waals surface area contributed by atoms with Crippen LogP contribution in [0.1, 0.15) is 11.3 Å². The lowest BCUT2D eigenvalue weighted by atomic mass is 9.99. The third-order valence-electron chi connectivity index (χ3n) is 3.61. The van der Waals surface area contributed by atoms with E-state index < -0.39 is 26.6 Å². The van der Waals surface area contributed by atoms with Crippen molar-refractivity contribution in [3.05, 3.63) is 53.6 Å². The predicted octanol–water partition coefficient (Wildman–Crippen LogP) is 2.95. The highest BCUT2D eigenvalue weighted by Gasteiger charge is 2.24. The molecule has 1 aromatic carbocycles. The van der Waals surface area contributed by atoms with Crippen molar-refractivity contribution < 1.29 is 21.7 Å². The molecule has 0 unspecified atom stereocenters. The molecule has 0 fully saturated rings. The van der Waals surface area contributed by atoms with E-state index in [-0.39, 0.29) is 22.6 Å². The van der Waals surface area contributed by atoms with Crippen LogP contribution in [0.3, 0.4) is 0 Å². The summed E-state index contributed by atoms with van der Waals surface area (Å²) in [5.41, 5.74) is 1.71. The van der Waals surface area contributed by atoms with E-state index in [1.165, 1.54) is 6.20 Å². The van der Waals surface area contributed by atoms with Crippen LogP contribution in [0.15, 0.2) is 40.0 Å². The zero-order chi connectivity index (χ0) is 18.4. The monoisotopic (exact) mass is 365 g/mol. The van der Waals surface area contributed by atoms with Gasteiger partial charge < -0.3 is 4.52 Å². The molecule has 0 amide bonds. The van der Waals surface area contributed by atoms with E-state index in [0.29, 0.717) is 11.6 Å². The Morgan fingerprint density at radius 1 is 1.08 bits per heavy atom. The highest BCUT2D eigenvalue weighted by Crippen LogP contribution is 2.37. The van der Waals surface area contributed by atoms with E-state index in [0.717, 1.165) is 11.6 Å². The van der Waals surface area contributed by atoms with Gasteiger partial charge in [0, 0.05) is 23.5 Å². The second-order valence-corrected chi connectivity index (χ2v) is 7.05. The molecule has 0 bridgehead atoms. The molecule has 0 aliphatic rings. The molecule has 0 radical (unpaired) electrons. The number of sulfonamides is 1. The maximum Gasteiger partial charge on any atom is 0.241 e. The van der Waals surface area contributed by atoms with Crippen LogP contribution in [0.5, 0.6) is 0 Å². The van der Waals surface area contributed by atoms with E-state index in [4.69, 9.17) is 9.66 Å². The van der Waals surface area contributed by atoms with Gasteiger partial charge in [0.2, 0.25) is 10.0 Å². The van der Waals surface area contributed by atoms with Crippen LogP contribution in [0.4, 0.5) is 8.78 Å². The Balaban J connectivity index is 2.25. The molecule has 2 aromatic heterocycles. The first-order valence-electron chi connectivity index (χ1n) is 7.09. The van der Waals surface area contributed by atoms with Gasteiger partial charge in [0.1, 0.15) is 28.0 Å². The van der Waals surface area contributed by atoms with E-state index in [1.807, 2.05) is 6.92 Å². The summed E-state index contributed by atoms with van der Waals surface area (Å²) in [5, 5.41) is 8.79. The largest absolute Gasteiger partial charge is 0.360 e. The second-order valence-electron chi connectivity index (χ2n) is 5.52. The van der Waals surface area contributed by atoms with Crippen LogP contribution < -0.4 is 5.14 Å². The number of primary sulfonamides is 1. The molecule has 130 valence electrons. The minimum absolute atomic E-state index is 0.180. The Morgan fingerprint density at radius 3 is 2.44 bits per heavy atom. The van der Waals surface area contributed by atoms with Gasteiger partial charge in [-0.3, -0.25) is 4.98 Å². The number of benzene rings is 1. The number of pyridine rings is 1. The number of rotatable bonds is 3. The summed E-state index contributed by atoms with van der Waals surface area (Å²) < 4.78 is 56.4. The molecule has 0 atom stereocenters. The zero-order valence-corrected chi connectivity index (χ0v) is 14.1. The molecule has 3 rings (SSSR count). The number of nitrogens with two attached hydrogens (primary N) is 1. The second kappa shape index (κ2) is 6.01. The topological polar surface area (TPSA) is 99.1 Å². The highest BCUT2D eigenvalue weighted by molar-refractivity contribution is 7.89. The molecule has 2 heterocycles.